The Morgan fingerprint density at radius 1 is 0.786 bits per heavy atom. The molecule has 0 saturated carbocycles. The van der Waals surface area contributed by atoms with E-state index in [0.717, 1.165) is 11.3 Å². The molecule has 2 rings (SSSR count). The van der Waals surface area contributed by atoms with Gasteiger partial charge in [0.1, 0.15) is 0 Å². The lowest BCUT2D eigenvalue weighted by molar-refractivity contribution is -0.121. The van der Waals surface area contributed by atoms with Gasteiger partial charge in [-0.25, -0.2) is 0 Å². The summed E-state index contributed by atoms with van der Waals surface area (Å²) in [5.74, 6) is -0.441. The summed E-state index contributed by atoms with van der Waals surface area (Å²) in [4.78, 5) is 38.0. The minimum Gasteiger partial charge on any atom is -0.378 e. The van der Waals surface area contributed by atoms with E-state index in [1.807, 2.05) is 50.2 Å². The minimum absolute atomic E-state index is 0.0513. The zero-order chi connectivity index (χ0) is 20.5. The van der Waals surface area contributed by atoms with E-state index in [4.69, 9.17) is 0 Å². The molecule has 0 radical (unpaired) electrons. The lowest BCUT2D eigenvalue weighted by atomic mass is 10.1. The molecular weight excluding hydrogens is 354 g/mol. The third-order valence-electron chi connectivity index (χ3n) is 4.33. The van der Waals surface area contributed by atoms with E-state index in [0.29, 0.717) is 24.2 Å². The molecule has 6 heteroatoms. The fourth-order valence-electron chi connectivity index (χ4n) is 2.59. The third-order valence-corrected chi connectivity index (χ3v) is 4.33. The van der Waals surface area contributed by atoms with Gasteiger partial charge in [-0.3, -0.25) is 14.4 Å². The van der Waals surface area contributed by atoms with Crippen LogP contribution in [0.5, 0.6) is 0 Å². The second kappa shape index (κ2) is 10.3. The van der Waals surface area contributed by atoms with Gasteiger partial charge < -0.3 is 15.5 Å². The van der Waals surface area contributed by atoms with Gasteiger partial charge in [0, 0.05) is 56.8 Å². The lowest BCUT2D eigenvalue weighted by Crippen LogP contribution is -2.34. The molecule has 2 N–H and O–H groups in total. The van der Waals surface area contributed by atoms with Gasteiger partial charge in [-0.05, 0) is 31.2 Å². The van der Waals surface area contributed by atoms with E-state index in [2.05, 4.69) is 10.6 Å². The van der Waals surface area contributed by atoms with Crippen molar-refractivity contribution in [1.82, 2.24) is 10.6 Å². The summed E-state index contributed by atoms with van der Waals surface area (Å²) in [5, 5.41) is 5.48. The molecule has 0 aliphatic rings. The SMILES string of the molecule is Cc1ccc(C(=O)CCC(=O)NCCNC(=O)c2ccc(N(C)C)cc2)cc1. The van der Waals surface area contributed by atoms with Gasteiger partial charge in [0.15, 0.2) is 5.78 Å². The van der Waals surface area contributed by atoms with Crippen LogP contribution in [-0.2, 0) is 4.79 Å². The summed E-state index contributed by atoms with van der Waals surface area (Å²) < 4.78 is 0. The fourth-order valence-corrected chi connectivity index (χ4v) is 2.59. The Bertz CT molecular complexity index is 812. The molecule has 0 unspecified atom stereocenters. The van der Waals surface area contributed by atoms with Gasteiger partial charge in [0.05, 0.1) is 0 Å². The molecular formula is C22H27N3O3. The normalized spacial score (nSPS) is 10.2. The van der Waals surface area contributed by atoms with E-state index in [1.54, 1.807) is 24.3 Å². The minimum atomic E-state index is -0.204. The van der Waals surface area contributed by atoms with Crippen LogP contribution in [0.4, 0.5) is 5.69 Å². The number of aryl methyl sites for hydroxylation is 1. The number of ketones is 1. The van der Waals surface area contributed by atoms with Gasteiger partial charge in [-0.1, -0.05) is 29.8 Å². The van der Waals surface area contributed by atoms with Crippen molar-refractivity contribution >= 4 is 23.3 Å². The quantitative estimate of drug-likeness (QED) is 0.517. The number of nitrogens with one attached hydrogen (secondary N) is 2. The van der Waals surface area contributed by atoms with Crippen molar-refractivity contribution in [2.24, 2.45) is 0 Å². The van der Waals surface area contributed by atoms with Crippen LogP contribution in [0, 0.1) is 6.92 Å². The molecule has 0 heterocycles. The van der Waals surface area contributed by atoms with Crippen LogP contribution in [0.1, 0.15) is 39.1 Å². The Morgan fingerprint density at radius 2 is 1.36 bits per heavy atom. The van der Waals surface area contributed by atoms with Crippen molar-refractivity contribution in [3.8, 4) is 0 Å². The number of benzene rings is 2. The average molecular weight is 381 g/mol. The van der Waals surface area contributed by atoms with Crippen molar-refractivity contribution in [3.05, 3.63) is 65.2 Å². The molecule has 0 fully saturated rings. The van der Waals surface area contributed by atoms with Crippen LogP contribution in [0.15, 0.2) is 48.5 Å². The molecule has 0 aliphatic heterocycles. The van der Waals surface area contributed by atoms with Gasteiger partial charge in [-0.2, -0.15) is 0 Å². The Balaban J connectivity index is 1.65. The monoisotopic (exact) mass is 381 g/mol. The standard InChI is InChI=1S/C22H27N3O3/c1-16-4-6-17(7-5-16)20(26)12-13-21(27)23-14-15-24-22(28)18-8-10-19(11-9-18)25(2)3/h4-11H,12-15H2,1-3H3,(H,23,27)(H,24,28). The molecule has 2 aromatic rings. The number of hydrogen-bond donors (Lipinski definition) is 2. The first-order chi connectivity index (χ1) is 13.4. The predicted octanol–water partition coefficient (Wildman–Crippen LogP) is 2.57. The van der Waals surface area contributed by atoms with E-state index >= 15 is 0 Å². The maximum absolute atomic E-state index is 12.1. The first-order valence-corrected chi connectivity index (χ1v) is 9.29. The second-order valence-corrected chi connectivity index (χ2v) is 6.84. The van der Waals surface area contributed by atoms with Crippen molar-refractivity contribution in [1.29, 1.82) is 0 Å². The molecule has 28 heavy (non-hydrogen) atoms. The highest BCUT2D eigenvalue weighted by Crippen LogP contribution is 2.12. The van der Waals surface area contributed by atoms with Crippen LogP contribution in [0.3, 0.4) is 0 Å². The largest absolute Gasteiger partial charge is 0.378 e. The van der Waals surface area contributed by atoms with Crippen molar-refractivity contribution in [3.63, 3.8) is 0 Å². The van der Waals surface area contributed by atoms with Crippen LogP contribution in [0.2, 0.25) is 0 Å². The van der Waals surface area contributed by atoms with Gasteiger partial charge in [-0.15, -0.1) is 0 Å². The molecule has 0 aromatic heterocycles. The van der Waals surface area contributed by atoms with E-state index in [1.165, 1.54) is 0 Å². The molecule has 2 aromatic carbocycles. The summed E-state index contributed by atoms with van der Waals surface area (Å²) in [6.45, 7) is 2.60. The number of nitrogens with zero attached hydrogens (tertiary/aromatic N) is 1. The summed E-state index contributed by atoms with van der Waals surface area (Å²) in [5.41, 5.74) is 3.29. The summed E-state index contributed by atoms with van der Waals surface area (Å²) in [7, 11) is 3.87. The smallest absolute Gasteiger partial charge is 0.251 e. The lowest BCUT2D eigenvalue weighted by Gasteiger charge is -2.12. The van der Waals surface area contributed by atoms with Crippen LogP contribution >= 0.6 is 0 Å². The Kier molecular flexibility index (Phi) is 7.75. The average Bonchev–Trinajstić information content (AvgIpc) is 2.69. The first kappa shape index (κ1) is 21.2. The van der Waals surface area contributed by atoms with Crippen molar-refractivity contribution < 1.29 is 14.4 Å². The van der Waals surface area contributed by atoms with Gasteiger partial charge >= 0.3 is 0 Å². The molecule has 6 nitrogen and oxygen atoms in total. The number of rotatable bonds is 9. The maximum atomic E-state index is 12.1. The van der Waals surface area contributed by atoms with Crippen LogP contribution in [0.25, 0.3) is 0 Å². The highest BCUT2D eigenvalue weighted by Gasteiger charge is 2.09. The second-order valence-electron chi connectivity index (χ2n) is 6.84. The maximum Gasteiger partial charge on any atom is 0.251 e. The number of carbonyl (C=O) groups is 3. The number of anilines is 1. The molecule has 0 spiro atoms. The highest BCUT2D eigenvalue weighted by atomic mass is 16.2. The number of Topliss-reactive ketones (excluding diaryl/α,β-unsaturated/α-hetero) is 1. The van der Waals surface area contributed by atoms with Crippen molar-refractivity contribution in [2.75, 3.05) is 32.1 Å². The molecule has 148 valence electrons. The molecule has 0 saturated heterocycles. The Morgan fingerprint density at radius 3 is 1.96 bits per heavy atom. The van der Waals surface area contributed by atoms with E-state index in [-0.39, 0.29) is 30.4 Å². The number of amides is 2. The van der Waals surface area contributed by atoms with Crippen molar-refractivity contribution in [2.45, 2.75) is 19.8 Å². The topological polar surface area (TPSA) is 78.5 Å². The number of hydrogen-bond acceptors (Lipinski definition) is 4. The molecule has 0 bridgehead atoms. The predicted molar refractivity (Wildman–Crippen MR) is 111 cm³/mol. The summed E-state index contributed by atoms with van der Waals surface area (Å²) >= 11 is 0. The molecule has 0 aliphatic carbocycles. The summed E-state index contributed by atoms with van der Waals surface area (Å²) in [6.07, 6.45) is 0.298. The van der Waals surface area contributed by atoms with E-state index in [9.17, 15) is 14.4 Å². The first-order valence-electron chi connectivity index (χ1n) is 9.29. The molecule has 0 atom stereocenters. The van der Waals surface area contributed by atoms with Crippen LogP contribution < -0.4 is 15.5 Å². The Hall–Kier alpha value is -3.15. The van der Waals surface area contributed by atoms with Crippen LogP contribution in [-0.4, -0.2) is 44.8 Å². The third kappa shape index (κ3) is 6.54. The fraction of sp³-hybridized carbons (Fsp3) is 0.318. The van der Waals surface area contributed by atoms with Gasteiger partial charge in [0.25, 0.3) is 5.91 Å². The zero-order valence-electron chi connectivity index (χ0n) is 16.6. The van der Waals surface area contributed by atoms with E-state index < -0.39 is 0 Å². The Labute approximate surface area is 165 Å². The molecule has 2 amide bonds. The summed E-state index contributed by atoms with van der Waals surface area (Å²) in [6, 6.07) is 14.6. The van der Waals surface area contributed by atoms with Gasteiger partial charge in [0.2, 0.25) is 5.91 Å². The highest BCUT2D eigenvalue weighted by molar-refractivity contribution is 5.98. The number of carbonyl (C=O) groups excluding carboxylic acids is 3. The zero-order valence-corrected chi connectivity index (χ0v) is 16.6.